The Kier molecular flexibility index (Phi) is 7.41. The van der Waals surface area contributed by atoms with Crippen molar-refractivity contribution in [3.63, 3.8) is 0 Å². The van der Waals surface area contributed by atoms with Gasteiger partial charge in [0.05, 0.1) is 24.2 Å². The summed E-state index contributed by atoms with van der Waals surface area (Å²) < 4.78 is 69.6. The lowest BCUT2D eigenvalue weighted by Crippen LogP contribution is -2.22. The van der Waals surface area contributed by atoms with Crippen LogP contribution < -0.4 is 5.32 Å². The first kappa shape index (κ1) is 26.4. The van der Waals surface area contributed by atoms with E-state index >= 15 is 0 Å². The molecule has 2 aromatic heterocycles. The quantitative estimate of drug-likeness (QED) is 0.386. The summed E-state index contributed by atoms with van der Waals surface area (Å²) in [6.07, 6.45) is -3.12. The zero-order chi connectivity index (χ0) is 26.1. The SMILES string of the molecule is CCOC(=O)c1cnc(N[C@@H](c2cc3cc(CO)c(S(C)(=O)=O)cc3[nH]2)C(C)C)nc1C(F)(F)F. The Balaban J connectivity index is 2.04. The molecule has 0 saturated heterocycles. The zero-order valence-corrected chi connectivity index (χ0v) is 20.2. The number of carbonyl (C=O) groups excluding carboxylic acids is 1. The molecule has 0 aliphatic heterocycles. The Bertz CT molecular complexity index is 1350. The second-order valence-corrected chi connectivity index (χ2v) is 10.2. The van der Waals surface area contributed by atoms with E-state index in [9.17, 15) is 31.5 Å². The minimum atomic E-state index is -4.92. The van der Waals surface area contributed by atoms with Crippen molar-refractivity contribution >= 4 is 32.7 Å². The molecular formula is C22H25F3N4O5S. The molecule has 0 unspecified atom stereocenters. The normalized spacial score (nSPS) is 13.3. The van der Waals surface area contributed by atoms with Crippen LogP contribution in [0.2, 0.25) is 0 Å². The molecule has 3 N–H and O–H groups in total. The number of benzene rings is 1. The highest BCUT2D eigenvalue weighted by atomic mass is 32.2. The number of anilines is 1. The molecule has 0 radical (unpaired) electrons. The van der Waals surface area contributed by atoms with Crippen molar-refractivity contribution in [1.82, 2.24) is 15.0 Å². The van der Waals surface area contributed by atoms with E-state index in [2.05, 4.69) is 25.0 Å². The lowest BCUT2D eigenvalue weighted by atomic mass is 10.0. The highest BCUT2D eigenvalue weighted by Gasteiger charge is 2.39. The number of esters is 1. The molecule has 0 aliphatic carbocycles. The highest BCUT2D eigenvalue weighted by Crippen LogP contribution is 2.33. The molecule has 3 aromatic rings. The van der Waals surface area contributed by atoms with Crippen LogP contribution in [0.15, 0.2) is 29.3 Å². The summed E-state index contributed by atoms with van der Waals surface area (Å²) in [4.78, 5) is 22.4. The van der Waals surface area contributed by atoms with Crippen LogP contribution in [0.5, 0.6) is 0 Å². The predicted octanol–water partition coefficient (Wildman–Crippen LogP) is 3.86. The average molecular weight is 515 g/mol. The maximum absolute atomic E-state index is 13.6. The molecule has 13 heteroatoms. The fourth-order valence-electron chi connectivity index (χ4n) is 3.64. The maximum atomic E-state index is 13.6. The van der Waals surface area contributed by atoms with Gasteiger partial charge in [-0.3, -0.25) is 0 Å². The highest BCUT2D eigenvalue weighted by molar-refractivity contribution is 7.90. The number of hydrogen-bond acceptors (Lipinski definition) is 8. The second-order valence-electron chi connectivity index (χ2n) is 8.24. The van der Waals surface area contributed by atoms with Gasteiger partial charge in [0.2, 0.25) is 5.95 Å². The number of rotatable bonds is 8. The molecule has 3 rings (SSSR count). The number of carbonyl (C=O) groups is 1. The Labute approximate surface area is 199 Å². The van der Waals surface area contributed by atoms with Gasteiger partial charge >= 0.3 is 12.1 Å². The standard InChI is InChI=1S/C22H25F3N4O5S/c1-5-34-20(31)14-9-26-21(29-19(14)22(23,24)25)28-18(11(2)3)16-7-12-6-13(10-30)17(35(4,32)33)8-15(12)27-16/h6-9,11,18,27,30H,5,10H2,1-4H3,(H,26,28,29)/t18-/m1/s1. The van der Waals surface area contributed by atoms with Gasteiger partial charge in [-0.25, -0.2) is 23.2 Å². The molecule has 1 atom stereocenters. The zero-order valence-electron chi connectivity index (χ0n) is 19.4. The molecule has 0 aliphatic rings. The van der Waals surface area contributed by atoms with Gasteiger partial charge in [-0.05, 0) is 36.6 Å². The molecule has 190 valence electrons. The summed E-state index contributed by atoms with van der Waals surface area (Å²) >= 11 is 0. The van der Waals surface area contributed by atoms with E-state index < -0.39 is 45.9 Å². The number of H-pyrrole nitrogens is 1. The number of aliphatic hydroxyl groups is 1. The second kappa shape index (κ2) is 9.82. The number of ether oxygens (including phenoxy) is 1. The van der Waals surface area contributed by atoms with E-state index in [1.807, 2.05) is 13.8 Å². The van der Waals surface area contributed by atoms with Gasteiger partial charge in [0.1, 0.15) is 5.56 Å². The first-order chi connectivity index (χ1) is 16.3. The van der Waals surface area contributed by atoms with Crippen molar-refractivity contribution < 1.29 is 36.2 Å². The lowest BCUT2D eigenvalue weighted by molar-refractivity contribution is -0.141. The molecule has 2 heterocycles. The van der Waals surface area contributed by atoms with Crippen LogP contribution in [0.3, 0.4) is 0 Å². The summed E-state index contributed by atoms with van der Waals surface area (Å²) in [6, 6.07) is 4.05. The smallest absolute Gasteiger partial charge is 0.434 e. The fraction of sp³-hybridized carbons (Fsp3) is 0.409. The molecule has 9 nitrogen and oxygen atoms in total. The van der Waals surface area contributed by atoms with Gasteiger partial charge in [0.25, 0.3) is 0 Å². The Morgan fingerprint density at radius 2 is 1.94 bits per heavy atom. The molecule has 0 fully saturated rings. The topological polar surface area (TPSA) is 134 Å². The summed E-state index contributed by atoms with van der Waals surface area (Å²) in [5, 5.41) is 13.1. The average Bonchev–Trinajstić information content (AvgIpc) is 3.17. The lowest BCUT2D eigenvalue weighted by Gasteiger charge is -2.22. The third-order valence-electron chi connectivity index (χ3n) is 5.23. The number of aromatic amines is 1. The minimum Gasteiger partial charge on any atom is -0.462 e. The van der Waals surface area contributed by atoms with E-state index in [0.717, 1.165) is 12.5 Å². The number of nitrogens with one attached hydrogen (secondary N) is 2. The molecule has 0 amide bonds. The first-order valence-electron chi connectivity index (χ1n) is 10.6. The minimum absolute atomic E-state index is 0.0253. The van der Waals surface area contributed by atoms with E-state index in [0.29, 0.717) is 16.6 Å². The van der Waals surface area contributed by atoms with Crippen molar-refractivity contribution in [2.45, 2.75) is 44.5 Å². The van der Waals surface area contributed by atoms with Crippen LogP contribution in [0, 0.1) is 5.92 Å². The Morgan fingerprint density at radius 1 is 1.26 bits per heavy atom. The number of hydrogen-bond donors (Lipinski definition) is 3. The van der Waals surface area contributed by atoms with Crippen LogP contribution in [0.4, 0.5) is 19.1 Å². The number of aromatic nitrogens is 3. The van der Waals surface area contributed by atoms with Crippen molar-refractivity contribution in [3.05, 3.63) is 46.9 Å². The van der Waals surface area contributed by atoms with Gasteiger partial charge in [-0.15, -0.1) is 0 Å². The molecule has 35 heavy (non-hydrogen) atoms. The van der Waals surface area contributed by atoms with Gasteiger partial charge < -0.3 is 20.1 Å². The van der Waals surface area contributed by atoms with Crippen LogP contribution in [-0.4, -0.2) is 47.3 Å². The van der Waals surface area contributed by atoms with E-state index in [-0.39, 0.29) is 28.9 Å². The number of fused-ring (bicyclic) bond motifs is 1. The third-order valence-corrected chi connectivity index (χ3v) is 6.41. The Hall–Kier alpha value is -3.19. The maximum Gasteiger partial charge on any atom is 0.434 e. The summed E-state index contributed by atoms with van der Waals surface area (Å²) in [6.45, 7) is 4.53. The largest absolute Gasteiger partial charge is 0.462 e. The molecule has 0 bridgehead atoms. The molecule has 0 spiro atoms. The van der Waals surface area contributed by atoms with Crippen molar-refractivity contribution in [2.24, 2.45) is 5.92 Å². The molecule has 0 saturated carbocycles. The molecular weight excluding hydrogens is 489 g/mol. The van der Waals surface area contributed by atoms with Crippen molar-refractivity contribution in [2.75, 3.05) is 18.2 Å². The number of sulfone groups is 1. The van der Waals surface area contributed by atoms with E-state index in [1.165, 1.54) is 19.1 Å². The van der Waals surface area contributed by atoms with Gasteiger partial charge in [0.15, 0.2) is 15.5 Å². The first-order valence-corrected chi connectivity index (χ1v) is 12.5. The predicted molar refractivity (Wildman–Crippen MR) is 122 cm³/mol. The van der Waals surface area contributed by atoms with E-state index in [1.54, 1.807) is 6.07 Å². The van der Waals surface area contributed by atoms with Crippen LogP contribution in [-0.2, 0) is 27.4 Å². The Morgan fingerprint density at radius 3 is 2.49 bits per heavy atom. The molecule has 1 aromatic carbocycles. The summed E-state index contributed by atoms with van der Waals surface area (Å²) in [7, 11) is -3.61. The van der Waals surface area contributed by atoms with E-state index in [4.69, 9.17) is 0 Å². The summed E-state index contributed by atoms with van der Waals surface area (Å²) in [5.74, 6) is -1.70. The number of aliphatic hydroxyl groups excluding tert-OH is 1. The number of halogens is 3. The van der Waals surface area contributed by atoms with Gasteiger partial charge in [-0.1, -0.05) is 13.8 Å². The monoisotopic (exact) mass is 514 g/mol. The fourth-order valence-corrected chi connectivity index (χ4v) is 4.57. The van der Waals surface area contributed by atoms with Gasteiger partial charge in [0, 0.05) is 29.0 Å². The summed E-state index contributed by atoms with van der Waals surface area (Å²) in [5.41, 5.74) is -0.970. The number of nitrogens with zero attached hydrogens (tertiary/aromatic N) is 2. The third kappa shape index (κ3) is 5.73. The van der Waals surface area contributed by atoms with Crippen LogP contribution >= 0.6 is 0 Å². The van der Waals surface area contributed by atoms with Crippen LogP contribution in [0.25, 0.3) is 10.9 Å². The van der Waals surface area contributed by atoms with Gasteiger partial charge in [-0.2, -0.15) is 13.2 Å². The number of alkyl halides is 3. The van der Waals surface area contributed by atoms with Crippen molar-refractivity contribution in [3.8, 4) is 0 Å². The van der Waals surface area contributed by atoms with Crippen molar-refractivity contribution in [1.29, 1.82) is 0 Å². The van der Waals surface area contributed by atoms with Crippen LogP contribution in [0.1, 0.15) is 54.1 Å².